The number of amides is 1. The van der Waals surface area contributed by atoms with Crippen LogP contribution in [0.15, 0.2) is 59.5 Å². The first-order valence-electron chi connectivity index (χ1n) is 6.51. The Balaban J connectivity index is 2.37. The number of carbonyl (C=O) groups is 2. The largest absolute Gasteiger partial charge is 0.480 e. The third-order valence-electron chi connectivity index (χ3n) is 3.08. The van der Waals surface area contributed by atoms with Crippen LogP contribution in [0.25, 0.3) is 0 Å². The molecule has 8 heteroatoms. The van der Waals surface area contributed by atoms with Gasteiger partial charge in [-0.25, -0.2) is 8.42 Å². The minimum atomic E-state index is -4.15. The summed E-state index contributed by atoms with van der Waals surface area (Å²) in [7, 11) is -4.15. The van der Waals surface area contributed by atoms with E-state index in [1.165, 1.54) is 30.3 Å². The second-order valence-electron chi connectivity index (χ2n) is 4.70. The van der Waals surface area contributed by atoms with Crippen molar-refractivity contribution in [2.24, 2.45) is 5.73 Å². The number of nitrogens with one attached hydrogen (secondary N) is 1. The zero-order valence-electron chi connectivity index (χ0n) is 11.8. The number of rotatable bonds is 6. The SMILES string of the molecule is NC(=O)c1cccc(S(=O)(=O)NC(C(=O)O)c2ccccc2)c1. The van der Waals surface area contributed by atoms with Crippen LogP contribution in [0.4, 0.5) is 0 Å². The summed E-state index contributed by atoms with van der Waals surface area (Å²) in [6.07, 6.45) is 0. The third-order valence-corrected chi connectivity index (χ3v) is 4.50. The van der Waals surface area contributed by atoms with E-state index >= 15 is 0 Å². The van der Waals surface area contributed by atoms with Crippen molar-refractivity contribution in [2.45, 2.75) is 10.9 Å². The third kappa shape index (κ3) is 3.93. The number of nitrogens with two attached hydrogens (primary N) is 1. The highest BCUT2D eigenvalue weighted by Gasteiger charge is 2.27. The Kier molecular flexibility index (Phi) is 4.77. The first-order valence-corrected chi connectivity index (χ1v) is 7.99. The molecule has 0 spiro atoms. The van der Waals surface area contributed by atoms with Gasteiger partial charge in [-0.2, -0.15) is 4.72 Å². The van der Waals surface area contributed by atoms with Crippen LogP contribution in [0.2, 0.25) is 0 Å². The maximum absolute atomic E-state index is 12.4. The number of hydrogen-bond acceptors (Lipinski definition) is 4. The Morgan fingerprint density at radius 2 is 1.70 bits per heavy atom. The zero-order chi connectivity index (χ0) is 17.0. The molecule has 23 heavy (non-hydrogen) atoms. The Morgan fingerprint density at radius 3 is 2.26 bits per heavy atom. The van der Waals surface area contributed by atoms with E-state index in [0.717, 1.165) is 6.07 Å². The molecule has 2 aromatic carbocycles. The van der Waals surface area contributed by atoms with Crippen molar-refractivity contribution in [3.8, 4) is 0 Å². The molecule has 0 bridgehead atoms. The van der Waals surface area contributed by atoms with Crippen LogP contribution in [-0.2, 0) is 14.8 Å². The molecule has 0 aliphatic carbocycles. The van der Waals surface area contributed by atoms with Gasteiger partial charge in [0.1, 0.15) is 6.04 Å². The van der Waals surface area contributed by atoms with Crippen LogP contribution in [0, 0.1) is 0 Å². The number of carboxylic acid groups (broad SMARTS) is 1. The molecule has 0 radical (unpaired) electrons. The van der Waals surface area contributed by atoms with Gasteiger partial charge in [0.05, 0.1) is 4.90 Å². The minimum absolute atomic E-state index is 0.0134. The Bertz CT molecular complexity index is 834. The number of benzene rings is 2. The van der Waals surface area contributed by atoms with Crippen molar-refractivity contribution in [1.82, 2.24) is 4.72 Å². The van der Waals surface area contributed by atoms with E-state index in [1.54, 1.807) is 18.2 Å². The second kappa shape index (κ2) is 6.59. The molecule has 1 amide bonds. The van der Waals surface area contributed by atoms with E-state index in [0.29, 0.717) is 0 Å². The maximum atomic E-state index is 12.4. The summed E-state index contributed by atoms with van der Waals surface area (Å²) in [5, 5.41) is 9.28. The summed E-state index contributed by atoms with van der Waals surface area (Å²) in [6, 6.07) is 11.5. The van der Waals surface area contributed by atoms with E-state index in [9.17, 15) is 23.1 Å². The van der Waals surface area contributed by atoms with Gasteiger partial charge in [0.15, 0.2) is 0 Å². The number of aliphatic carboxylic acids is 1. The van der Waals surface area contributed by atoms with Crippen LogP contribution in [0.3, 0.4) is 0 Å². The van der Waals surface area contributed by atoms with Gasteiger partial charge in [0.25, 0.3) is 0 Å². The highest BCUT2D eigenvalue weighted by Crippen LogP contribution is 2.18. The second-order valence-corrected chi connectivity index (χ2v) is 6.41. The van der Waals surface area contributed by atoms with E-state index in [4.69, 9.17) is 5.73 Å². The van der Waals surface area contributed by atoms with E-state index < -0.39 is 27.9 Å². The molecule has 1 atom stereocenters. The van der Waals surface area contributed by atoms with Crippen LogP contribution < -0.4 is 10.5 Å². The van der Waals surface area contributed by atoms with Crippen molar-refractivity contribution in [1.29, 1.82) is 0 Å². The van der Waals surface area contributed by atoms with Gasteiger partial charge in [0.2, 0.25) is 15.9 Å². The van der Waals surface area contributed by atoms with Crippen molar-refractivity contribution in [3.05, 3.63) is 65.7 Å². The van der Waals surface area contributed by atoms with Crippen LogP contribution >= 0.6 is 0 Å². The topological polar surface area (TPSA) is 127 Å². The van der Waals surface area contributed by atoms with Crippen LogP contribution in [0.5, 0.6) is 0 Å². The number of carbonyl (C=O) groups excluding carboxylic acids is 1. The van der Waals surface area contributed by atoms with Gasteiger partial charge in [-0.3, -0.25) is 9.59 Å². The summed E-state index contributed by atoms with van der Waals surface area (Å²) in [5.41, 5.74) is 5.42. The van der Waals surface area contributed by atoms with Crippen molar-refractivity contribution >= 4 is 21.9 Å². The van der Waals surface area contributed by atoms with E-state index in [2.05, 4.69) is 4.72 Å². The van der Waals surface area contributed by atoms with E-state index in [1.807, 2.05) is 0 Å². The summed E-state index contributed by atoms with van der Waals surface area (Å²) in [5.74, 6) is -2.12. The fraction of sp³-hybridized carbons (Fsp3) is 0.0667. The molecule has 2 aromatic rings. The summed E-state index contributed by atoms with van der Waals surface area (Å²) in [6.45, 7) is 0. The standard InChI is InChI=1S/C15H14N2O5S/c16-14(18)11-7-4-8-12(9-11)23(21,22)17-13(15(19)20)10-5-2-1-3-6-10/h1-9,13,17H,(H2,16,18)(H,19,20). The molecular weight excluding hydrogens is 320 g/mol. The molecule has 120 valence electrons. The van der Waals surface area contributed by atoms with Gasteiger partial charge in [-0.1, -0.05) is 36.4 Å². The fourth-order valence-electron chi connectivity index (χ4n) is 1.95. The highest BCUT2D eigenvalue weighted by atomic mass is 32.2. The minimum Gasteiger partial charge on any atom is -0.480 e. The van der Waals surface area contributed by atoms with Gasteiger partial charge in [0, 0.05) is 5.56 Å². The van der Waals surface area contributed by atoms with Gasteiger partial charge in [-0.05, 0) is 23.8 Å². The first kappa shape index (κ1) is 16.7. The lowest BCUT2D eigenvalue weighted by atomic mass is 10.1. The molecule has 0 saturated carbocycles. The molecule has 7 nitrogen and oxygen atoms in total. The average Bonchev–Trinajstić information content (AvgIpc) is 2.53. The molecule has 0 heterocycles. The van der Waals surface area contributed by atoms with Crippen LogP contribution in [-0.4, -0.2) is 25.4 Å². The zero-order valence-corrected chi connectivity index (χ0v) is 12.7. The molecule has 0 aromatic heterocycles. The first-order chi connectivity index (χ1) is 10.8. The Hall–Kier alpha value is -2.71. The molecule has 4 N–H and O–H groups in total. The molecule has 2 rings (SSSR count). The fourth-order valence-corrected chi connectivity index (χ4v) is 3.17. The summed E-state index contributed by atoms with van der Waals surface area (Å²) >= 11 is 0. The average molecular weight is 334 g/mol. The molecule has 0 aliphatic rings. The van der Waals surface area contributed by atoms with Crippen molar-refractivity contribution < 1.29 is 23.1 Å². The maximum Gasteiger partial charge on any atom is 0.326 e. The smallest absolute Gasteiger partial charge is 0.326 e. The number of carboxylic acids is 1. The van der Waals surface area contributed by atoms with Crippen molar-refractivity contribution in [3.63, 3.8) is 0 Å². The molecule has 1 unspecified atom stereocenters. The predicted molar refractivity (Wildman–Crippen MR) is 82.1 cm³/mol. The lowest BCUT2D eigenvalue weighted by Crippen LogP contribution is -2.33. The monoisotopic (exact) mass is 334 g/mol. The number of primary amides is 1. The summed E-state index contributed by atoms with van der Waals surface area (Å²) < 4.78 is 26.8. The van der Waals surface area contributed by atoms with Gasteiger partial charge < -0.3 is 10.8 Å². The summed E-state index contributed by atoms with van der Waals surface area (Å²) in [4.78, 5) is 22.3. The number of sulfonamides is 1. The molecule has 0 saturated heterocycles. The Morgan fingerprint density at radius 1 is 1.04 bits per heavy atom. The molecule has 0 fully saturated rings. The number of hydrogen-bond donors (Lipinski definition) is 3. The predicted octanol–water partition coefficient (Wildman–Crippen LogP) is 0.890. The van der Waals surface area contributed by atoms with Crippen LogP contribution in [0.1, 0.15) is 22.0 Å². The van der Waals surface area contributed by atoms with Gasteiger partial charge >= 0.3 is 5.97 Å². The normalized spacial score (nSPS) is 12.5. The lowest BCUT2D eigenvalue weighted by molar-refractivity contribution is -0.139. The van der Waals surface area contributed by atoms with Crippen molar-refractivity contribution in [2.75, 3.05) is 0 Å². The lowest BCUT2D eigenvalue weighted by Gasteiger charge is -2.15. The Labute approximate surface area is 132 Å². The quantitative estimate of drug-likeness (QED) is 0.723. The highest BCUT2D eigenvalue weighted by molar-refractivity contribution is 7.89. The van der Waals surface area contributed by atoms with E-state index in [-0.39, 0.29) is 16.0 Å². The molecule has 0 aliphatic heterocycles. The molecular formula is C15H14N2O5S. The van der Waals surface area contributed by atoms with Gasteiger partial charge in [-0.15, -0.1) is 0 Å².